The van der Waals surface area contributed by atoms with Crippen LogP contribution in [-0.2, 0) is 0 Å². The van der Waals surface area contributed by atoms with E-state index in [1.165, 1.54) is 18.7 Å². The topological polar surface area (TPSA) is 31.9 Å². The lowest BCUT2D eigenvalue weighted by Crippen LogP contribution is -2.19. The van der Waals surface area contributed by atoms with Gasteiger partial charge in [0.1, 0.15) is 5.82 Å². The first-order valence-corrected chi connectivity index (χ1v) is 5.31. The minimum absolute atomic E-state index is 0.498. The second-order valence-corrected chi connectivity index (χ2v) is 4.63. The molecule has 2 heterocycles. The van der Waals surface area contributed by atoms with E-state index in [9.17, 15) is 0 Å². The Bertz CT molecular complexity index is 310. The van der Waals surface area contributed by atoms with Crippen LogP contribution in [-0.4, -0.2) is 28.5 Å². The third-order valence-corrected chi connectivity index (χ3v) is 3.22. The Balaban J connectivity index is 2.23. The third kappa shape index (κ3) is 1.57. The molecule has 3 nitrogen and oxygen atoms in total. The predicted octanol–water partition coefficient (Wildman–Crippen LogP) is 2.04. The molecule has 0 bridgehead atoms. The van der Waals surface area contributed by atoms with Crippen LogP contribution in [0.2, 0.25) is 0 Å². The summed E-state index contributed by atoms with van der Waals surface area (Å²) in [6.07, 6.45) is 1.23. The summed E-state index contributed by atoms with van der Waals surface area (Å²) in [5.74, 6) is 1.93. The number of rotatable bonds is 1. The molecule has 0 spiro atoms. The van der Waals surface area contributed by atoms with Gasteiger partial charge in [-0.25, -0.2) is 4.98 Å². The molecule has 1 N–H and O–H groups in total. The van der Waals surface area contributed by atoms with E-state index in [0.717, 1.165) is 17.4 Å². The van der Waals surface area contributed by atoms with E-state index in [0.29, 0.717) is 6.04 Å². The van der Waals surface area contributed by atoms with Gasteiger partial charge in [0.2, 0.25) is 0 Å². The number of aryl methyl sites for hydroxylation is 2. The van der Waals surface area contributed by atoms with E-state index in [4.69, 9.17) is 0 Å². The van der Waals surface area contributed by atoms with Crippen LogP contribution in [0.25, 0.3) is 0 Å². The Hall–Kier alpha value is -0.830. The van der Waals surface area contributed by atoms with Gasteiger partial charge in [0.25, 0.3) is 0 Å². The lowest BCUT2D eigenvalue weighted by atomic mass is 10.1. The largest absolute Gasteiger partial charge is 0.345 e. The highest BCUT2D eigenvalue weighted by Crippen LogP contribution is 2.32. The van der Waals surface area contributed by atoms with Gasteiger partial charge in [-0.2, -0.15) is 0 Å². The van der Waals surface area contributed by atoms with Gasteiger partial charge in [0.15, 0.2) is 0 Å². The number of likely N-dealkylation sites (tertiary alicyclic amines) is 1. The first kappa shape index (κ1) is 9.71. The molecule has 0 saturated carbocycles. The van der Waals surface area contributed by atoms with Crippen LogP contribution < -0.4 is 0 Å². The van der Waals surface area contributed by atoms with Crippen molar-refractivity contribution in [3.63, 3.8) is 0 Å². The summed E-state index contributed by atoms with van der Waals surface area (Å²) in [4.78, 5) is 10.4. The van der Waals surface area contributed by atoms with Crippen molar-refractivity contribution in [3.8, 4) is 0 Å². The Labute approximate surface area is 85.5 Å². The van der Waals surface area contributed by atoms with Gasteiger partial charge in [0, 0.05) is 12.2 Å². The molecule has 1 saturated heterocycles. The summed E-state index contributed by atoms with van der Waals surface area (Å²) in [6.45, 7) is 7.64. The maximum absolute atomic E-state index is 4.58. The number of hydrogen-bond acceptors (Lipinski definition) is 2. The Morgan fingerprint density at radius 2 is 2.14 bits per heavy atom. The molecule has 0 aromatic carbocycles. The summed E-state index contributed by atoms with van der Waals surface area (Å²) in [5.41, 5.74) is 2.33. The fourth-order valence-corrected chi connectivity index (χ4v) is 2.31. The van der Waals surface area contributed by atoms with Gasteiger partial charge >= 0.3 is 0 Å². The van der Waals surface area contributed by atoms with Crippen LogP contribution in [0.1, 0.15) is 36.6 Å². The summed E-state index contributed by atoms with van der Waals surface area (Å²) in [7, 11) is 2.18. The highest BCUT2D eigenvalue weighted by atomic mass is 15.2. The number of nitrogens with zero attached hydrogens (tertiary/aromatic N) is 2. The van der Waals surface area contributed by atoms with Crippen LogP contribution in [0, 0.1) is 19.8 Å². The summed E-state index contributed by atoms with van der Waals surface area (Å²) >= 11 is 0. The van der Waals surface area contributed by atoms with E-state index < -0.39 is 0 Å². The molecule has 1 aromatic heterocycles. The molecular weight excluding hydrogens is 174 g/mol. The third-order valence-electron chi connectivity index (χ3n) is 3.22. The van der Waals surface area contributed by atoms with Crippen LogP contribution >= 0.6 is 0 Å². The molecule has 78 valence electrons. The Morgan fingerprint density at radius 3 is 2.57 bits per heavy atom. The average molecular weight is 193 g/mol. The highest BCUT2D eigenvalue weighted by molar-refractivity contribution is 5.14. The molecular formula is C11H19N3. The van der Waals surface area contributed by atoms with Gasteiger partial charge in [-0.05, 0) is 33.2 Å². The second kappa shape index (κ2) is 3.39. The second-order valence-electron chi connectivity index (χ2n) is 4.63. The van der Waals surface area contributed by atoms with Gasteiger partial charge in [-0.3, -0.25) is 4.90 Å². The van der Waals surface area contributed by atoms with Crippen LogP contribution in [0.3, 0.4) is 0 Å². The molecule has 2 rings (SSSR count). The first-order valence-electron chi connectivity index (χ1n) is 5.31. The quantitative estimate of drug-likeness (QED) is 0.740. The molecule has 1 aliphatic rings. The molecule has 14 heavy (non-hydrogen) atoms. The number of nitrogens with one attached hydrogen (secondary N) is 1. The van der Waals surface area contributed by atoms with Crippen molar-refractivity contribution < 1.29 is 0 Å². The van der Waals surface area contributed by atoms with Gasteiger partial charge in [0.05, 0.1) is 11.7 Å². The molecule has 0 amide bonds. The molecule has 1 aliphatic heterocycles. The van der Waals surface area contributed by atoms with E-state index >= 15 is 0 Å². The minimum Gasteiger partial charge on any atom is -0.345 e. The number of imidazole rings is 1. The van der Waals surface area contributed by atoms with E-state index in [-0.39, 0.29) is 0 Å². The SMILES string of the molecule is Cc1nc(C2CC(C)CN2C)[nH]c1C. The molecule has 0 aliphatic carbocycles. The van der Waals surface area contributed by atoms with E-state index in [1.54, 1.807) is 0 Å². The van der Waals surface area contributed by atoms with Crippen LogP contribution in [0.5, 0.6) is 0 Å². The van der Waals surface area contributed by atoms with Crippen molar-refractivity contribution in [1.29, 1.82) is 0 Å². The van der Waals surface area contributed by atoms with Gasteiger partial charge in [-0.15, -0.1) is 0 Å². The predicted molar refractivity (Wildman–Crippen MR) is 57.2 cm³/mol. The summed E-state index contributed by atoms with van der Waals surface area (Å²) in [6, 6.07) is 0.498. The molecule has 1 fully saturated rings. The van der Waals surface area contributed by atoms with Crippen molar-refractivity contribution >= 4 is 0 Å². The lowest BCUT2D eigenvalue weighted by molar-refractivity contribution is 0.304. The van der Waals surface area contributed by atoms with E-state index in [1.807, 2.05) is 0 Å². The minimum atomic E-state index is 0.498. The molecule has 2 unspecified atom stereocenters. The van der Waals surface area contributed by atoms with Gasteiger partial charge < -0.3 is 4.98 Å². The van der Waals surface area contributed by atoms with Crippen molar-refractivity contribution in [3.05, 3.63) is 17.2 Å². The van der Waals surface area contributed by atoms with Gasteiger partial charge in [-0.1, -0.05) is 6.92 Å². The summed E-state index contributed by atoms with van der Waals surface area (Å²) < 4.78 is 0. The van der Waals surface area contributed by atoms with Crippen molar-refractivity contribution in [1.82, 2.24) is 14.9 Å². The molecule has 1 aromatic rings. The van der Waals surface area contributed by atoms with Crippen LogP contribution in [0.15, 0.2) is 0 Å². The zero-order valence-electron chi connectivity index (χ0n) is 9.46. The van der Waals surface area contributed by atoms with E-state index in [2.05, 4.69) is 42.7 Å². The number of H-pyrrole nitrogens is 1. The lowest BCUT2D eigenvalue weighted by Gasteiger charge is -2.16. The maximum Gasteiger partial charge on any atom is 0.123 e. The summed E-state index contributed by atoms with van der Waals surface area (Å²) in [5, 5.41) is 0. The van der Waals surface area contributed by atoms with Crippen molar-refractivity contribution in [2.75, 3.05) is 13.6 Å². The monoisotopic (exact) mass is 193 g/mol. The fraction of sp³-hybridized carbons (Fsp3) is 0.727. The molecule has 2 atom stereocenters. The highest BCUT2D eigenvalue weighted by Gasteiger charge is 2.29. The number of hydrogen-bond donors (Lipinski definition) is 1. The number of aromatic nitrogens is 2. The smallest absolute Gasteiger partial charge is 0.123 e. The maximum atomic E-state index is 4.58. The average Bonchev–Trinajstić information content (AvgIpc) is 2.57. The van der Waals surface area contributed by atoms with Crippen molar-refractivity contribution in [2.24, 2.45) is 5.92 Å². The normalized spacial score (nSPS) is 28.6. The zero-order valence-corrected chi connectivity index (χ0v) is 9.46. The number of aromatic amines is 1. The molecule has 3 heteroatoms. The zero-order chi connectivity index (χ0) is 10.3. The fourth-order valence-electron chi connectivity index (χ4n) is 2.31. The Kier molecular flexibility index (Phi) is 2.35. The van der Waals surface area contributed by atoms with Crippen LogP contribution in [0.4, 0.5) is 0 Å². The molecule has 0 radical (unpaired) electrons. The first-order chi connectivity index (χ1) is 6.58. The van der Waals surface area contributed by atoms with Crippen molar-refractivity contribution in [2.45, 2.75) is 33.2 Å². The Morgan fingerprint density at radius 1 is 1.43 bits per heavy atom. The standard InChI is InChI=1S/C11H19N3/c1-7-5-10(14(4)6-7)11-12-8(2)9(3)13-11/h7,10H,5-6H2,1-4H3,(H,12,13).